The third-order valence-corrected chi connectivity index (χ3v) is 12.3. The fraction of sp³-hybridized carbons (Fsp3) is 0.500. The van der Waals surface area contributed by atoms with E-state index in [-0.39, 0.29) is 16.2 Å². The van der Waals surface area contributed by atoms with Gasteiger partial charge in [-0.1, -0.05) is 55.5 Å². The van der Waals surface area contributed by atoms with Gasteiger partial charge < -0.3 is 0 Å². The van der Waals surface area contributed by atoms with Crippen molar-refractivity contribution < 1.29 is 13.2 Å². The van der Waals surface area contributed by atoms with Gasteiger partial charge in [0.05, 0.1) is 11.4 Å². The van der Waals surface area contributed by atoms with Crippen molar-refractivity contribution in [2.24, 2.45) is 17.8 Å². The van der Waals surface area contributed by atoms with Crippen LogP contribution in [0.25, 0.3) is 0 Å². The predicted octanol–water partition coefficient (Wildman–Crippen LogP) is 5.88. The lowest BCUT2D eigenvalue weighted by atomic mass is 9.50. The predicted molar refractivity (Wildman–Crippen MR) is 153 cm³/mol. The summed E-state index contributed by atoms with van der Waals surface area (Å²) < 4.78 is 27.3. The van der Waals surface area contributed by atoms with Crippen molar-refractivity contribution in [2.75, 3.05) is 18.0 Å². The number of benzene rings is 2. The zero-order valence-electron chi connectivity index (χ0n) is 22.6. The first-order valence-electron chi connectivity index (χ1n) is 14.1. The molecule has 0 aliphatic heterocycles. The minimum Gasteiger partial charge on any atom is -0.278 e. The van der Waals surface area contributed by atoms with Crippen molar-refractivity contribution in [3.8, 4) is 0 Å². The standard InChI is InChI=1S/C30H36N4O3S2/c1-3-33(4-2)39(36,37)26-12-10-25(11-13-26)27(35)34(20-21-8-6-5-7-9-21)29-32-31-28(38-29)30-17-22-14-23(18-30)16-24(15-22)19-30/h5-13,22-24H,3-4,14-20H2,1-2H3. The SMILES string of the molecule is CCN(CC)S(=O)(=O)c1ccc(C(=O)N(Cc2ccccc2)c2nnc(C34CC5CC(CC(C5)C3)C4)s2)cc1. The van der Waals surface area contributed by atoms with Gasteiger partial charge in [0.15, 0.2) is 0 Å². The Balaban J connectivity index is 1.30. The van der Waals surface area contributed by atoms with Gasteiger partial charge in [0, 0.05) is 24.1 Å². The smallest absolute Gasteiger partial charge is 0.260 e. The van der Waals surface area contributed by atoms with E-state index in [2.05, 4.69) is 5.10 Å². The van der Waals surface area contributed by atoms with Gasteiger partial charge in [0.25, 0.3) is 5.91 Å². The molecule has 4 saturated carbocycles. The van der Waals surface area contributed by atoms with Crippen LogP contribution in [0.1, 0.15) is 73.3 Å². The molecule has 1 aromatic heterocycles. The Labute approximate surface area is 235 Å². The van der Waals surface area contributed by atoms with Crippen LogP contribution in [0.15, 0.2) is 59.5 Å². The zero-order chi connectivity index (χ0) is 27.2. The molecule has 1 amide bonds. The highest BCUT2D eigenvalue weighted by Crippen LogP contribution is 2.61. The Morgan fingerprint density at radius 2 is 1.49 bits per heavy atom. The molecule has 4 fully saturated rings. The van der Waals surface area contributed by atoms with Gasteiger partial charge in [-0.25, -0.2) is 8.42 Å². The van der Waals surface area contributed by atoms with Crippen molar-refractivity contribution in [1.29, 1.82) is 0 Å². The maximum Gasteiger partial charge on any atom is 0.260 e. The van der Waals surface area contributed by atoms with E-state index in [1.54, 1.807) is 28.4 Å². The molecule has 4 aliphatic carbocycles. The maximum atomic E-state index is 13.9. The normalized spacial score (nSPS) is 25.8. The monoisotopic (exact) mass is 564 g/mol. The van der Waals surface area contributed by atoms with Gasteiger partial charge in [0.1, 0.15) is 5.01 Å². The minimum atomic E-state index is -3.60. The van der Waals surface area contributed by atoms with Gasteiger partial charge in [-0.05, 0) is 86.1 Å². The second kappa shape index (κ2) is 10.4. The second-order valence-corrected chi connectivity index (χ2v) is 14.5. The van der Waals surface area contributed by atoms with Gasteiger partial charge in [-0.2, -0.15) is 4.31 Å². The van der Waals surface area contributed by atoms with Crippen LogP contribution >= 0.6 is 11.3 Å². The van der Waals surface area contributed by atoms with E-state index < -0.39 is 10.0 Å². The molecule has 0 spiro atoms. The highest BCUT2D eigenvalue weighted by molar-refractivity contribution is 7.89. The summed E-state index contributed by atoms with van der Waals surface area (Å²) in [4.78, 5) is 15.8. The molecule has 0 atom stereocenters. The van der Waals surface area contributed by atoms with Gasteiger partial charge in [0.2, 0.25) is 15.2 Å². The van der Waals surface area contributed by atoms with Gasteiger partial charge >= 0.3 is 0 Å². The van der Waals surface area contributed by atoms with Crippen LogP contribution in [0.2, 0.25) is 0 Å². The topological polar surface area (TPSA) is 83.5 Å². The lowest BCUT2D eigenvalue weighted by molar-refractivity contribution is -0.00555. The molecular formula is C30H36N4O3S2. The maximum absolute atomic E-state index is 13.9. The number of sulfonamides is 1. The van der Waals surface area contributed by atoms with Gasteiger partial charge in [-0.15, -0.1) is 10.2 Å². The summed E-state index contributed by atoms with van der Waals surface area (Å²) in [6.45, 7) is 4.80. The summed E-state index contributed by atoms with van der Waals surface area (Å²) >= 11 is 1.57. The van der Waals surface area contributed by atoms with E-state index >= 15 is 0 Å². The first kappa shape index (κ1) is 26.6. The third kappa shape index (κ3) is 4.93. The summed E-state index contributed by atoms with van der Waals surface area (Å²) in [5.41, 5.74) is 1.54. The highest BCUT2D eigenvalue weighted by atomic mass is 32.2. The third-order valence-electron chi connectivity index (χ3n) is 9.01. The van der Waals surface area contributed by atoms with E-state index in [0.29, 0.717) is 30.3 Å². The van der Waals surface area contributed by atoms with E-state index in [9.17, 15) is 13.2 Å². The molecule has 4 aliphatic rings. The average molecular weight is 565 g/mol. The summed E-state index contributed by atoms with van der Waals surface area (Å²) in [7, 11) is -3.60. The first-order valence-corrected chi connectivity index (χ1v) is 16.4. The Morgan fingerprint density at radius 3 is 2.05 bits per heavy atom. The van der Waals surface area contributed by atoms with Crippen molar-refractivity contribution in [3.63, 3.8) is 0 Å². The Kier molecular flexibility index (Phi) is 7.10. The van der Waals surface area contributed by atoms with Crippen LogP contribution in [0.3, 0.4) is 0 Å². The van der Waals surface area contributed by atoms with Crippen LogP contribution < -0.4 is 4.90 Å². The van der Waals surface area contributed by atoms with Crippen LogP contribution in [-0.2, 0) is 22.0 Å². The molecule has 206 valence electrons. The van der Waals surface area contributed by atoms with Crippen molar-refractivity contribution in [2.45, 2.75) is 69.2 Å². The van der Waals surface area contributed by atoms with E-state index in [1.807, 2.05) is 44.2 Å². The Bertz CT molecular complexity index is 1400. The molecular weight excluding hydrogens is 528 g/mol. The van der Waals surface area contributed by atoms with Crippen LogP contribution in [0.5, 0.6) is 0 Å². The molecule has 4 bridgehead atoms. The number of hydrogen-bond donors (Lipinski definition) is 0. The number of nitrogens with zero attached hydrogens (tertiary/aromatic N) is 4. The number of anilines is 1. The molecule has 0 N–H and O–H groups in total. The van der Waals surface area contributed by atoms with Crippen LogP contribution in [0.4, 0.5) is 5.13 Å². The van der Waals surface area contributed by atoms with E-state index in [1.165, 1.54) is 55.0 Å². The largest absolute Gasteiger partial charge is 0.278 e. The molecule has 2 aromatic carbocycles. The van der Waals surface area contributed by atoms with Crippen LogP contribution in [-0.4, -0.2) is 41.9 Å². The molecule has 7 nitrogen and oxygen atoms in total. The molecule has 0 saturated heterocycles. The number of aromatic nitrogens is 2. The molecule has 39 heavy (non-hydrogen) atoms. The van der Waals surface area contributed by atoms with E-state index in [4.69, 9.17) is 5.10 Å². The number of hydrogen-bond acceptors (Lipinski definition) is 6. The van der Waals surface area contributed by atoms with Gasteiger partial charge in [-0.3, -0.25) is 9.69 Å². The first-order chi connectivity index (χ1) is 18.8. The van der Waals surface area contributed by atoms with Crippen molar-refractivity contribution in [1.82, 2.24) is 14.5 Å². The van der Waals surface area contributed by atoms with Crippen molar-refractivity contribution >= 4 is 32.4 Å². The molecule has 1 heterocycles. The number of amides is 1. The van der Waals surface area contributed by atoms with E-state index in [0.717, 1.165) is 28.3 Å². The Hall–Kier alpha value is -2.62. The summed E-state index contributed by atoms with van der Waals surface area (Å²) in [5, 5.41) is 11.0. The molecule has 0 unspecified atom stereocenters. The second-order valence-electron chi connectivity index (χ2n) is 11.6. The average Bonchev–Trinajstić information content (AvgIpc) is 3.43. The lowest BCUT2D eigenvalue weighted by Crippen LogP contribution is -2.48. The highest BCUT2D eigenvalue weighted by Gasteiger charge is 2.53. The zero-order valence-corrected chi connectivity index (χ0v) is 24.3. The summed E-state index contributed by atoms with van der Waals surface area (Å²) in [5.74, 6) is 2.20. The quantitative estimate of drug-likeness (QED) is 0.324. The van der Waals surface area contributed by atoms with Crippen molar-refractivity contribution in [3.05, 3.63) is 70.7 Å². The van der Waals surface area contributed by atoms with Crippen LogP contribution in [0, 0.1) is 17.8 Å². The summed E-state index contributed by atoms with van der Waals surface area (Å²) in [6.07, 6.45) is 7.69. The minimum absolute atomic E-state index is 0.118. The Morgan fingerprint density at radius 1 is 0.897 bits per heavy atom. The molecule has 0 radical (unpaired) electrons. The fourth-order valence-corrected chi connectivity index (χ4v) is 10.1. The molecule has 9 heteroatoms. The number of carbonyl (C=O) groups excluding carboxylic acids is 1. The summed E-state index contributed by atoms with van der Waals surface area (Å²) in [6, 6.07) is 16.2. The number of carbonyl (C=O) groups is 1. The fourth-order valence-electron chi connectivity index (χ4n) is 7.54. The lowest BCUT2D eigenvalue weighted by Gasteiger charge is -2.55. The number of rotatable bonds is 9. The molecule has 7 rings (SSSR count). The molecule has 3 aromatic rings.